The average Bonchev–Trinajstić information content (AvgIpc) is 2.77. The molecular weight excluding hydrogens is 486 g/mol. The van der Waals surface area contributed by atoms with Crippen LogP contribution in [0.2, 0.25) is 0 Å². The third kappa shape index (κ3) is 5.27. The van der Waals surface area contributed by atoms with Gasteiger partial charge >= 0.3 is 5.25 Å². The molecule has 31 heavy (non-hydrogen) atoms. The van der Waals surface area contributed by atoms with E-state index in [4.69, 9.17) is 0 Å². The van der Waals surface area contributed by atoms with Gasteiger partial charge in [-0.15, -0.1) is 0 Å². The Labute approximate surface area is 188 Å². The highest BCUT2D eigenvalue weighted by Crippen LogP contribution is 2.34. The predicted octanol–water partition coefficient (Wildman–Crippen LogP) is 5.61. The molecule has 0 aliphatic carbocycles. The average molecular weight is 503 g/mol. The summed E-state index contributed by atoms with van der Waals surface area (Å²) in [5.74, 6) is 3.11. The second-order valence-corrected chi connectivity index (χ2v) is 9.61. The number of rotatable bonds is 6. The second-order valence-electron chi connectivity index (χ2n) is 6.70. The largest absolute Gasteiger partial charge is 0.406 e. The zero-order valence-corrected chi connectivity index (χ0v) is 18.5. The zero-order chi connectivity index (χ0) is 22.5. The molecule has 0 bridgehead atoms. The molecule has 0 aromatic heterocycles. The number of ketones is 1. The molecule has 0 unspecified atom stereocenters. The van der Waals surface area contributed by atoms with Crippen molar-refractivity contribution in [2.24, 2.45) is 0 Å². The van der Waals surface area contributed by atoms with E-state index in [-0.39, 0.29) is 0 Å². The minimum absolute atomic E-state index is 0.527. The summed E-state index contributed by atoms with van der Waals surface area (Å²) in [6.45, 7) is 0. The number of carbonyl (C=O) groups excluding carboxylic acids is 1. The van der Waals surface area contributed by atoms with E-state index in [0.29, 0.717) is 15.6 Å². The van der Waals surface area contributed by atoms with Crippen LogP contribution in [0.4, 0.5) is 8.78 Å². The fourth-order valence-corrected chi connectivity index (χ4v) is 4.48. The number of Topliss-reactive ketones (excluding diaryl/α,β-unsaturated/α-hetero) is 1. The van der Waals surface area contributed by atoms with Crippen molar-refractivity contribution in [1.82, 2.24) is 0 Å². The maximum atomic E-state index is 14.8. The van der Waals surface area contributed by atoms with E-state index in [0.717, 1.165) is 12.1 Å². The van der Waals surface area contributed by atoms with Crippen molar-refractivity contribution >= 4 is 31.6 Å². The Balaban J connectivity index is 1.95. The molecule has 0 spiro atoms. The molecule has 3 rings (SSSR count). The molecule has 158 valence electrons. The second kappa shape index (κ2) is 9.54. The van der Waals surface area contributed by atoms with Crippen molar-refractivity contribution in [3.8, 4) is 11.8 Å². The summed E-state index contributed by atoms with van der Waals surface area (Å²) in [4.78, 5) is 11.9. The van der Waals surface area contributed by atoms with E-state index in [1.54, 1.807) is 48.5 Å². The first-order valence-corrected chi connectivity index (χ1v) is 11.5. The van der Waals surface area contributed by atoms with Crippen LogP contribution < -0.4 is 0 Å². The van der Waals surface area contributed by atoms with Crippen molar-refractivity contribution in [1.29, 1.82) is 0 Å². The van der Waals surface area contributed by atoms with Gasteiger partial charge in [0.05, 0.1) is 10.8 Å². The molecule has 0 aliphatic rings. The minimum Gasteiger partial charge on any atom is -0.292 e. The van der Waals surface area contributed by atoms with E-state index < -0.39 is 38.1 Å². The van der Waals surface area contributed by atoms with Gasteiger partial charge in [0.2, 0.25) is 5.78 Å². The van der Waals surface area contributed by atoms with Crippen LogP contribution in [0, 0.1) is 11.8 Å². The number of benzene rings is 3. The number of hydrogen-bond acceptors (Lipinski definition) is 3. The van der Waals surface area contributed by atoms with Crippen molar-refractivity contribution in [3.63, 3.8) is 0 Å². The van der Waals surface area contributed by atoms with E-state index >= 15 is 0 Å². The summed E-state index contributed by atoms with van der Waals surface area (Å²) >= 11 is 3.32. The van der Waals surface area contributed by atoms with Crippen LogP contribution in [0.3, 0.4) is 0 Å². The molecule has 3 aromatic carbocycles. The third-order valence-corrected chi connectivity index (χ3v) is 6.81. The number of hydrogen-bond donors (Lipinski definition) is 0. The maximum absolute atomic E-state index is 14.8. The lowest BCUT2D eigenvalue weighted by Crippen LogP contribution is -2.38. The fourth-order valence-electron chi connectivity index (χ4n) is 2.87. The van der Waals surface area contributed by atoms with E-state index in [1.807, 2.05) is 6.07 Å². The number of carbonyl (C=O) groups is 1. The Morgan fingerprint density at radius 2 is 1.55 bits per heavy atom. The van der Waals surface area contributed by atoms with Gasteiger partial charge in [0.1, 0.15) is 0 Å². The van der Waals surface area contributed by atoms with Gasteiger partial charge in [-0.2, -0.15) is 8.78 Å². The van der Waals surface area contributed by atoms with Crippen molar-refractivity contribution in [2.45, 2.75) is 22.5 Å². The molecule has 0 N–H and O–H groups in total. The molecule has 0 amide bonds. The zero-order valence-electron chi connectivity index (χ0n) is 16.1. The van der Waals surface area contributed by atoms with Crippen LogP contribution in [0.1, 0.15) is 23.5 Å². The molecule has 1 atom stereocenters. The van der Waals surface area contributed by atoms with Crippen LogP contribution in [0.5, 0.6) is 0 Å². The van der Waals surface area contributed by atoms with Gasteiger partial charge in [-0.05, 0) is 42.0 Å². The highest BCUT2D eigenvalue weighted by molar-refractivity contribution is 9.10. The summed E-state index contributed by atoms with van der Waals surface area (Å²) in [5, 5.41) is -4.58. The molecule has 0 radical (unpaired) electrons. The Kier molecular flexibility index (Phi) is 7.04. The standard InChI is InChI=1S/C24H17BrF2O3S/c25-21-11-7-10-19(16-21)20(15-14-18-8-3-1-4-9-18)17-23(28)24(26,27)31(29,30)22-12-5-2-6-13-22/h1-13,16,20H,17H2/t20-/m1/s1. The van der Waals surface area contributed by atoms with Gasteiger partial charge in [-0.3, -0.25) is 4.79 Å². The van der Waals surface area contributed by atoms with Gasteiger partial charge in [-0.1, -0.05) is 76.3 Å². The van der Waals surface area contributed by atoms with Crippen molar-refractivity contribution < 1.29 is 22.0 Å². The number of alkyl halides is 2. The van der Waals surface area contributed by atoms with Gasteiger partial charge in [0, 0.05) is 16.5 Å². The van der Waals surface area contributed by atoms with Crippen LogP contribution >= 0.6 is 15.9 Å². The third-order valence-electron chi connectivity index (χ3n) is 4.52. The Morgan fingerprint density at radius 1 is 0.935 bits per heavy atom. The molecular formula is C24H17BrF2O3S. The molecule has 0 saturated carbocycles. The van der Waals surface area contributed by atoms with Crippen molar-refractivity contribution in [3.05, 3.63) is 101 Å². The first-order valence-electron chi connectivity index (χ1n) is 9.24. The van der Waals surface area contributed by atoms with Crippen LogP contribution in [0.15, 0.2) is 94.3 Å². The van der Waals surface area contributed by atoms with Crippen LogP contribution in [-0.2, 0) is 14.6 Å². The lowest BCUT2D eigenvalue weighted by Gasteiger charge is -2.18. The summed E-state index contributed by atoms with van der Waals surface area (Å²) in [6.07, 6.45) is -0.755. The smallest absolute Gasteiger partial charge is 0.292 e. The van der Waals surface area contributed by atoms with E-state index in [9.17, 15) is 22.0 Å². The van der Waals surface area contributed by atoms with Gasteiger partial charge in [-0.25, -0.2) is 8.42 Å². The Bertz CT molecular complexity index is 1230. The van der Waals surface area contributed by atoms with Gasteiger partial charge in [0.15, 0.2) is 0 Å². The lowest BCUT2D eigenvalue weighted by molar-refractivity contribution is -0.133. The van der Waals surface area contributed by atoms with Crippen molar-refractivity contribution in [2.75, 3.05) is 0 Å². The first-order chi connectivity index (χ1) is 14.7. The molecule has 0 heterocycles. The summed E-state index contributed by atoms with van der Waals surface area (Å²) in [6, 6.07) is 21.9. The fraction of sp³-hybridized carbons (Fsp3) is 0.125. The lowest BCUT2D eigenvalue weighted by atomic mass is 9.94. The molecule has 3 nitrogen and oxygen atoms in total. The first kappa shape index (κ1) is 22.9. The van der Waals surface area contributed by atoms with E-state index in [1.165, 1.54) is 18.2 Å². The Hall–Kier alpha value is -2.82. The SMILES string of the molecule is O=C(C[C@@H](C#Cc1ccccc1)c1cccc(Br)c1)C(F)(F)S(=O)(=O)c1ccccc1. The molecule has 3 aromatic rings. The Morgan fingerprint density at radius 3 is 2.16 bits per heavy atom. The monoisotopic (exact) mass is 502 g/mol. The molecule has 0 fully saturated rings. The van der Waals surface area contributed by atoms with Gasteiger partial charge in [0.25, 0.3) is 9.84 Å². The molecule has 0 aliphatic heterocycles. The number of halogens is 3. The topological polar surface area (TPSA) is 51.2 Å². The van der Waals surface area contributed by atoms with Crippen LogP contribution in [0.25, 0.3) is 0 Å². The van der Waals surface area contributed by atoms with E-state index in [2.05, 4.69) is 27.8 Å². The molecule has 0 saturated heterocycles. The number of sulfone groups is 1. The highest BCUT2D eigenvalue weighted by Gasteiger charge is 2.53. The summed E-state index contributed by atoms with van der Waals surface area (Å²) in [7, 11) is -5.18. The summed E-state index contributed by atoms with van der Waals surface area (Å²) < 4.78 is 55.2. The maximum Gasteiger partial charge on any atom is 0.406 e. The molecule has 7 heteroatoms. The predicted molar refractivity (Wildman–Crippen MR) is 118 cm³/mol. The van der Waals surface area contributed by atoms with Gasteiger partial charge < -0.3 is 0 Å². The van der Waals surface area contributed by atoms with Crippen LogP contribution in [-0.4, -0.2) is 19.5 Å². The summed E-state index contributed by atoms with van der Waals surface area (Å²) in [5.41, 5.74) is 1.18. The normalized spacial score (nSPS) is 12.5. The minimum atomic E-state index is -5.18. The quantitative estimate of drug-likeness (QED) is 0.411. The highest BCUT2D eigenvalue weighted by atomic mass is 79.9.